The molecule has 0 spiro atoms. The summed E-state index contributed by atoms with van der Waals surface area (Å²) >= 11 is 0. The fourth-order valence-corrected chi connectivity index (χ4v) is 2.95. The van der Waals surface area contributed by atoms with Crippen LogP contribution in [-0.4, -0.2) is 22.3 Å². The lowest BCUT2D eigenvalue weighted by Gasteiger charge is -2.26. The number of carbonyl (C=O) groups excluding carboxylic acids is 1. The van der Waals surface area contributed by atoms with Crippen LogP contribution in [0.15, 0.2) is 36.2 Å². The molecule has 3 nitrogen and oxygen atoms in total. The average Bonchev–Trinajstić information content (AvgIpc) is 2.83. The monoisotopic (exact) mass is 268 g/mol. The van der Waals surface area contributed by atoms with Crippen molar-refractivity contribution in [1.82, 2.24) is 9.88 Å². The zero-order chi connectivity index (χ0) is 14.1. The predicted molar refractivity (Wildman–Crippen MR) is 81.4 cm³/mol. The summed E-state index contributed by atoms with van der Waals surface area (Å²) < 4.78 is 0. The summed E-state index contributed by atoms with van der Waals surface area (Å²) in [6.45, 7) is 4.90. The Bertz CT molecular complexity index is 681. The van der Waals surface area contributed by atoms with Gasteiger partial charge in [0.05, 0.1) is 0 Å². The Morgan fingerprint density at radius 2 is 2.15 bits per heavy atom. The molecule has 0 fully saturated rings. The topological polar surface area (TPSA) is 36.1 Å². The summed E-state index contributed by atoms with van der Waals surface area (Å²) in [5.74, 6) is 0.251. The number of aromatic amines is 1. The maximum Gasteiger partial charge on any atom is 0.227 e. The van der Waals surface area contributed by atoms with Gasteiger partial charge in [-0.25, -0.2) is 0 Å². The van der Waals surface area contributed by atoms with E-state index in [2.05, 4.69) is 42.4 Å². The van der Waals surface area contributed by atoms with Crippen molar-refractivity contribution in [3.05, 3.63) is 47.3 Å². The van der Waals surface area contributed by atoms with Gasteiger partial charge in [0.2, 0.25) is 5.91 Å². The van der Waals surface area contributed by atoms with Crippen LogP contribution in [0.4, 0.5) is 0 Å². The van der Waals surface area contributed by atoms with Crippen molar-refractivity contribution in [1.29, 1.82) is 0 Å². The molecule has 1 aromatic heterocycles. The highest BCUT2D eigenvalue weighted by Crippen LogP contribution is 2.23. The number of nitrogens with zero attached hydrogens (tertiary/aromatic N) is 1. The highest BCUT2D eigenvalue weighted by atomic mass is 16.2. The van der Waals surface area contributed by atoms with Gasteiger partial charge in [0.25, 0.3) is 0 Å². The quantitative estimate of drug-likeness (QED) is 0.908. The van der Waals surface area contributed by atoms with Crippen LogP contribution < -0.4 is 0 Å². The molecule has 20 heavy (non-hydrogen) atoms. The molecular formula is C17H20N2O. The third-order valence-corrected chi connectivity index (χ3v) is 4.14. The summed E-state index contributed by atoms with van der Waals surface area (Å²) in [6, 6.07) is 6.35. The van der Waals surface area contributed by atoms with Crippen molar-refractivity contribution in [3.8, 4) is 0 Å². The van der Waals surface area contributed by atoms with Crippen LogP contribution in [-0.2, 0) is 11.2 Å². The van der Waals surface area contributed by atoms with Crippen LogP contribution in [0.1, 0.15) is 30.9 Å². The van der Waals surface area contributed by atoms with E-state index in [4.69, 9.17) is 0 Å². The van der Waals surface area contributed by atoms with E-state index in [1.54, 1.807) is 0 Å². The number of allylic oxidation sites excluding steroid dienone is 2. The zero-order valence-corrected chi connectivity index (χ0v) is 12.1. The van der Waals surface area contributed by atoms with E-state index in [9.17, 15) is 4.79 Å². The molecule has 0 unspecified atom stereocenters. The highest BCUT2D eigenvalue weighted by molar-refractivity contribution is 5.86. The Labute approximate surface area is 119 Å². The first-order chi connectivity index (χ1) is 9.66. The molecule has 2 aromatic rings. The second-order valence-electron chi connectivity index (χ2n) is 5.49. The van der Waals surface area contributed by atoms with Crippen molar-refractivity contribution in [2.24, 2.45) is 0 Å². The number of carbonyl (C=O) groups is 1. The second kappa shape index (κ2) is 5.16. The lowest BCUT2D eigenvalue weighted by atomic mass is 10.1. The molecular weight excluding hydrogens is 248 g/mol. The predicted octanol–water partition coefficient (Wildman–Crippen LogP) is 3.55. The molecule has 1 aromatic carbocycles. The van der Waals surface area contributed by atoms with E-state index < -0.39 is 0 Å². The van der Waals surface area contributed by atoms with Crippen LogP contribution in [0.5, 0.6) is 0 Å². The van der Waals surface area contributed by atoms with Crippen LogP contribution in [0.3, 0.4) is 0 Å². The Morgan fingerprint density at radius 3 is 2.95 bits per heavy atom. The molecule has 1 aliphatic heterocycles. The first-order valence-corrected chi connectivity index (χ1v) is 7.19. The minimum absolute atomic E-state index is 0.251. The number of aromatic nitrogens is 1. The molecule has 0 bridgehead atoms. The molecule has 0 saturated heterocycles. The van der Waals surface area contributed by atoms with Gasteiger partial charge in [-0.3, -0.25) is 4.79 Å². The Kier molecular flexibility index (Phi) is 3.35. The molecule has 0 radical (unpaired) electrons. The molecule has 3 heteroatoms. The van der Waals surface area contributed by atoms with E-state index in [1.165, 1.54) is 22.0 Å². The first-order valence-electron chi connectivity index (χ1n) is 7.19. The summed E-state index contributed by atoms with van der Waals surface area (Å²) in [6.07, 6.45) is 6.64. The lowest BCUT2D eigenvalue weighted by molar-refractivity contribution is -0.129. The van der Waals surface area contributed by atoms with Crippen LogP contribution >= 0.6 is 0 Å². The van der Waals surface area contributed by atoms with Crippen LogP contribution in [0, 0.1) is 6.92 Å². The number of aryl methyl sites for hydroxylation is 1. The van der Waals surface area contributed by atoms with Gasteiger partial charge in [-0.15, -0.1) is 0 Å². The van der Waals surface area contributed by atoms with Crippen LogP contribution in [0.2, 0.25) is 0 Å². The van der Waals surface area contributed by atoms with Gasteiger partial charge in [0, 0.05) is 35.8 Å². The Morgan fingerprint density at radius 1 is 1.30 bits per heavy atom. The molecule has 104 valence electrons. The van der Waals surface area contributed by atoms with E-state index in [-0.39, 0.29) is 5.91 Å². The third kappa shape index (κ3) is 2.24. The Hall–Kier alpha value is -2.03. The number of rotatable bonds is 3. The summed E-state index contributed by atoms with van der Waals surface area (Å²) in [5, 5.41) is 1.27. The maximum absolute atomic E-state index is 12.0. The molecule has 1 N–H and O–H groups in total. The highest BCUT2D eigenvalue weighted by Gasteiger charge is 2.18. The van der Waals surface area contributed by atoms with E-state index in [1.807, 2.05) is 11.8 Å². The third-order valence-electron chi connectivity index (χ3n) is 4.14. The molecule has 2 heterocycles. The smallest absolute Gasteiger partial charge is 0.227 e. The molecule has 0 atom stereocenters. The van der Waals surface area contributed by atoms with Gasteiger partial charge in [-0.05, 0) is 37.8 Å². The second-order valence-corrected chi connectivity index (χ2v) is 5.49. The normalized spacial score (nSPS) is 15.8. The average molecular weight is 268 g/mol. The number of amides is 1. The van der Waals surface area contributed by atoms with Gasteiger partial charge >= 0.3 is 0 Å². The number of nitrogens with one attached hydrogen (secondary N) is 1. The molecule has 0 saturated carbocycles. The lowest BCUT2D eigenvalue weighted by Crippen LogP contribution is -2.33. The molecule has 0 aliphatic carbocycles. The zero-order valence-electron chi connectivity index (χ0n) is 12.1. The number of benzene rings is 1. The van der Waals surface area contributed by atoms with Gasteiger partial charge < -0.3 is 9.88 Å². The molecule has 3 rings (SSSR count). The van der Waals surface area contributed by atoms with Gasteiger partial charge in [0.1, 0.15) is 0 Å². The number of H-pyrrole nitrogens is 1. The van der Waals surface area contributed by atoms with Crippen molar-refractivity contribution in [2.45, 2.75) is 33.1 Å². The van der Waals surface area contributed by atoms with Crippen molar-refractivity contribution in [2.75, 3.05) is 6.54 Å². The number of hydrogen-bond acceptors (Lipinski definition) is 1. The van der Waals surface area contributed by atoms with Crippen LogP contribution in [0.25, 0.3) is 10.9 Å². The maximum atomic E-state index is 12.0. The van der Waals surface area contributed by atoms with Gasteiger partial charge in [-0.1, -0.05) is 24.3 Å². The van der Waals surface area contributed by atoms with E-state index >= 15 is 0 Å². The minimum atomic E-state index is 0.251. The summed E-state index contributed by atoms with van der Waals surface area (Å²) in [5.41, 5.74) is 4.85. The number of para-hydroxylation sites is 1. The molecule has 1 aliphatic rings. The fraction of sp³-hybridized carbons (Fsp3) is 0.353. The van der Waals surface area contributed by atoms with Crippen molar-refractivity contribution in [3.63, 3.8) is 0 Å². The van der Waals surface area contributed by atoms with E-state index in [0.717, 1.165) is 25.1 Å². The fourth-order valence-electron chi connectivity index (χ4n) is 2.95. The first kappa shape index (κ1) is 13.0. The Balaban J connectivity index is 1.80. The standard InChI is InChI=1S/C17H20N2O/c1-12-5-3-7-15-14(11-18-17(12)15)9-10-19-13(2)6-4-8-16(19)20/h3,5-7,11,18H,4,8-10H2,1-2H3. The summed E-state index contributed by atoms with van der Waals surface area (Å²) in [7, 11) is 0. The van der Waals surface area contributed by atoms with E-state index in [0.29, 0.717) is 6.42 Å². The summed E-state index contributed by atoms with van der Waals surface area (Å²) in [4.78, 5) is 17.2. The number of fused-ring (bicyclic) bond motifs is 1. The number of hydrogen-bond donors (Lipinski definition) is 1. The van der Waals surface area contributed by atoms with Crippen molar-refractivity contribution < 1.29 is 4.79 Å². The largest absolute Gasteiger partial charge is 0.361 e. The van der Waals surface area contributed by atoms with Gasteiger partial charge in [0.15, 0.2) is 0 Å². The van der Waals surface area contributed by atoms with Gasteiger partial charge in [-0.2, -0.15) is 0 Å². The minimum Gasteiger partial charge on any atom is -0.361 e. The molecule has 1 amide bonds. The SMILES string of the molecule is CC1=CCCC(=O)N1CCc1c[nH]c2c(C)cccc12. The van der Waals surface area contributed by atoms with Crippen molar-refractivity contribution >= 4 is 16.8 Å².